The summed E-state index contributed by atoms with van der Waals surface area (Å²) in [6.07, 6.45) is -0.762. The molecule has 2 N–H and O–H groups in total. The van der Waals surface area contributed by atoms with Gasteiger partial charge in [0.2, 0.25) is 0 Å². The van der Waals surface area contributed by atoms with Gasteiger partial charge in [0.25, 0.3) is 0 Å². The predicted octanol–water partition coefficient (Wildman–Crippen LogP) is 2.26. The summed E-state index contributed by atoms with van der Waals surface area (Å²) in [6, 6.07) is 3.76. The van der Waals surface area contributed by atoms with Crippen molar-refractivity contribution in [2.75, 3.05) is 0 Å². The lowest BCUT2D eigenvalue weighted by Gasteiger charge is -2.21. The maximum absolute atomic E-state index is 11.6. The lowest BCUT2D eigenvalue weighted by Crippen LogP contribution is -2.44. The van der Waals surface area contributed by atoms with Crippen molar-refractivity contribution in [1.29, 1.82) is 0 Å². The second-order valence-electron chi connectivity index (χ2n) is 5.19. The van der Waals surface area contributed by atoms with Crippen LogP contribution in [0.3, 0.4) is 0 Å². The van der Waals surface area contributed by atoms with Crippen molar-refractivity contribution in [2.45, 2.75) is 38.8 Å². The van der Waals surface area contributed by atoms with Gasteiger partial charge in [-0.25, -0.2) is 14.6 Å². The molecule has 0 spiro atoms. The van der Waals surface area contributed by atoms with Crippen LogP contribution in [0, 0.1) is 0 Å². The SMILES string of the molecule is CC(C)(C)OC(=O)NC(Cc1cccc(Cl)n1)C(=O)O. The first kappa shape index (κ1) is 16.2. The molecule has 1 rings (SSSR count). The quantitative estimate of drug-likeness (QED) is 0.833. The number of ether oxygens (including phenoxy) is 1. The molecule has 0 fully saturated rings. The minimum atomic E-state index is -1.17. The summed E-state index contributed by atoms with van der Waals surface area (Å²) in [5, 5.41) is 11.7. The van der Waals surface area contributed by atoms with Crippen LogP contribution in [0.2, 0.25) is 5.15 Å². The molecule has 1 unspecified atom stereocenters. The van der Waals surface area contributed by atoms with Crippen LogP contribution in [-0.2, 0) is 16.0 Å². The third-order valence-corrected chi connectivity index (χ3v) is 2.39. The zero-order valence-corrected chi connectivity index (χ0v) is 12.3. The van der Waals surface area contributed by atoms with Gasteiger partial charge >= 0.3 is 12.1 Å². The minimum absolute atomic E-state index is 0.0230. The summed E-state index contributed by atoms with van der Waals surface area (Å²) in [6.45, 7) is 5.09. The number of nitrogens with one attached hydrogen (secondary N) is 1. The number of carbonyl (C=O) groups excluding carboxylic acids is 1. The van der Waals surface area contributed by atoms with Crippen LogP contribution in [0.1, 0.15) is 26.5 Å². The van der Waals surface area contributed by atoms with Gasteiger partial charge in [-0.3, -0.25) is 0 Å². The highest BCUT2D eigenvalue weighted by molar-refractivity contribution is 6.29. The lowest BCUT2D eigenvalue weighted by molar-refractivity contribution is -0.139. The van der Waals surface area contributed by atoms with E-state index in [2.05, 4.69) is 10.3 Å². The maximum atomic E-state index is 11.6. The van der Waals surface area contributed by atoms with Crippen LogP contribution in [0.15, 0.2) is 18.2 Å². The Labute approximate surface area is 122 Å². The summed E-state index contributed by atoms with van der Waals surface area (Å²) in [7, 11) is 0. The van der Waals surface area contributed by atoms with Crippen LogP contribution in [0.25, 0.3) is 0 Å². The molecule has 0 saturated carbocycles. The molecule has 110 valence electrons. The Kier molecular flexibility index (Phi) is 5.33. The number of hydrogen-bond donors (Lipinski definition) is 2. The fourth-order valence-corrected chi connectivity index (χ4v) is 1.60. The zero-order valence-electron chi connectivity index (χ0n) is 11.5. The van der Waals surface area contributed by atoms with Gasteiger partial charge in [-0.15, -0.1) is 0 Å². The maximum Gasteiger partial charge on any atom is 0.408 e. The van der Waals surface area contributed by atoms with Crippen molar-refractivity contribution in [1.82, 2.24) is 10.3 Å². The third-order valence-electron chi connectivity index (χ3n) is 2.18. The van der Waals surface area contributed by atoms with E-state index in [-0.39, 0.29) is 11.6 Å². The average Bonchev–Trinajstić information content (AvgIpc) is 2.25. The van der Waals surface area contributed by atoms with Crippen molar-refractivity contribution in [2.24, 2.45) is 0 Å². The second kappa shape index (κ2) is 6.56. The molecule has 0 aromatic carbocycles. The van der Waals surface area contributed by atoms with Gasteiger partial charge < -0.3 is 15.2 Å². The number of nitrogens with zero attached hydrogens (tertiary/aromatic N) is 1. The molecule has 1 atom stereocenters. The summed E-state index contributed by atoms with van der Waals surface area (Å²) in [5.41, 5.74) is -0.220. The molecule has 0 aliphatic carbocycles. The Morgan fingerprint density at radius 3 is 2.60 bits per heavy atom. The number of rotatable bonds is 4. The van der Waals surface area contributed by atoms with Gasteiger partial charge in [-0.2, -0.15) is 0 Å². The molecule has 1 amide bonds. The number of aromatic nitrogens is 1. The number of carboxylic acids is 1. The minimum Gasteiger partial charge on any atom is -0.480 e. The highest BCUT2D eigenvalue weighted by Gasteiger charge is 2.24. The Bertz CT molecular complexity index is 499. The van der Waals surface area contributed by atoms with Crippen LogP contribution >= 0.6 is 11.6 Å². The first-order valence-electron chi connectivity index (χ1n) is 6.01. The Morgan fingerprint density at radius 1 is 1.45 bits per heavy atom. The molecular formula is C13H17ClN2O4. The fourth-order valence-electron chi connectivity index (χ4n) is 1.42. The topological polar surface area (TPSA) is 88.5 Å². The highest BCUT2D eigenvalue weighted by atomic mass is 35.5. The van der Waals surface area contributed by atoms with Gasteiger partial charge in [-0.1, -0.05) is 17.7 Å². The van der Waals surface area contributed by atoms with Gasteiger partial charge in [0.05, 0.1) is 0 Å². The average molecular weight is 301 g/mol. The standard InChI is InChI=1S/C13H17ClN2O4/c1-13(2,3)20-12(19)16-9(11(17)18)7-8-5-4-6-10(14)15-8/h4-6,9H,7H2,1-3H3,(H,16,19)(H,17,18). The molecule has 0 saturated heterocycles. The largest absolute Gasteiger partial charge is 0.480 e. The number of hydrogen-bond acceptors (Lipinski definition) is 4. The Balaban J connectivity index is 2.71. The molecule has 0 aliphatic rings. The second-order valence-corrected chi connectivity index (χ2v) is 5.58. The van der Waals surface area contributed by atoms with E-state index < -0.39 is 23.7 Å². The molecule has 0 aliphatic heterocycles. The number of carbonyl (C=O) groups is 2. The van der Waals surface area contributed by atoms with Crippen molar-refractivity contribution in [3.63, 3.8) is 0 Å². The predicted molar refractivity (Wildman–Crippen MR) is 73.7 cm³/mol. The van der Waals surface area contributed by atoms with Crippen molar-refractivity contribution >= 4 is 23.7 Å². The Hall–Kier alpha value is -1.82. The fraction of sp³-hybridized carbons (Fsp3) is 0.462. The molecule has 1 heterocycles. The normalized spacial score (nSPS) is 12.6. The van der Waals surface area contributed by atoms with Gasteiger partial charge in [0.15, 0.2) is 0 Å². The number of alkyl carbamates (subject to hydrolysis) is 1. The van der Waals surface area contributed by atoms with Crippen LogP contribution < -0.4 is 5.32 Å². The Morgan fingerprint density at radius 2 is 2.10 bits per heavy atom. The smallest absolute Gasteiger partial charge is 0.408 e. The van der Waals surface area contributed by atoms with Gasteiger partial charge in [0, 0.05) is 12.1 Å². The zero-order chi connectivity index (χ0) is 15.3. The van der Waals surface area contributed by atoms with E-state index in [1.54, 1.807) is 39.0 Å². The van der Waals surface area contributed by atoms with E-state index in [1.807, 2.05) is 0 Å². The van der Waals surface area contributed by atoms with E-state index in [0.717, 1.165) is 0 Å². The number of halogens is 1. The van der Waals surface area contributed by atoms with Crippen molar-refractivity contribution in [3.8, 4) is 0 Å². The van der Waals surface area contributed by atoms with E-state index in [9.17, 15) is 9.59 Å². The van der Waals surface area contributed by atoms with Crippen molar-refractivity contribution in [3.05, 3.63) is 29.0 Å². The molecule has 0 radical (unpaired) electrons. The lowest BCUT2D eigenvalue weighted by atomic mass is 10.1. The number of amides is 1. The van der Waals surface area contributed by atoms with Crippen LogP contribution in [0.4, 0.5) is 4.79 Å². The van der Waals surface area contributed by atoms with Crippen molar-refractivity contribution < 1.29 is 19.4 Å². The molecule has 20 heavy (non-hydrogen) atoms. The van der Waals surface area contributed by atoms with E-state index >= 15 is 0 Å². The van der Waals surface area contributed by atoms with Crippen LogP contribution in [0.5, 0.6) is 0 Å². The number of aliphatic carboxylic acids is 1. The number of carboxylic acid groups (broad SMARTS) is 1. The first-order chi connectivity index (χ1) is 9.17. The van der Waals surface area contributed by atoms with E-state index in [0.29, 0.717) is 5.69 Å². The molecule has 7 heteroatoms. The third kappa shape index (κ3) is 5.88. The summed E-state index contributed by atoms with van der Waals surface area (Å²) >= 11 is 5.73. The molecule has 1 aromatic rings. The summed E-state index contributed by atoms with van der Waals surface area (Å²) < 4.78 is 5.02. The van der Waals surface area contributed by atoms with Gasteiger partial charge in [-0.05, 0) is 32.9 Å². The summed E-state index contributed by atoms with van der Waals surface area (Å²) in [4.78, 5) is 26.7. The first-order valence-corrected chi connectivity index (χ1v) is 6.39. The van der Waals surface area contributed by atoms with E-state index in [1.165, 1.54) is 0 Å². The monoisotopic (exact) mass is 300 g/mol. The molecule has 0 bridgehead atoms. The van der Waals surface area contributed by atoms with Crippen LogP contribution in [-0.4, -0.2) is 33.8 Å². The highest BCUT2D eigenvalue weighted by Crippen LogP contribution is 2.09. The van der Waals surface area contributed by atoms with Gasteiger partial charge in [0.1, 0.15) is 16.8 Å². The molecule has 6 nitrogen and oxygen atoms in total. The molecule has 1 aromatic heterocycles. The van der Waals surface area contributed by atoms with E-state index in [4.69, 9.17) is 21.4 Å². The number of pyridine rings is 1. The molecular weight excluding hydrogens is 284 g/mol. The summed E-state index contributed by atoms with van der Waals surface area (Å²) in [5.74, 6) is -1.17.